The molecule has 0 aliphatic heterocycles. The molecule has 118 valence electrons. The van der Waals surface area contributed by atoms with Crippen LogP contribution < -0.4 is 11.1 Å². The lowest BCUT2D eigenvalue weighted by atomic mass is 10.0. The van der Waals surface area contributed by atoms with E-state index in [9.17, 15) is 0 Å². The molecule has 2 aromatic heterocycles. The molecule has 0 atom stereocenters. The third kappa shape index (κ3) is 3.48. The minimum atomic E-state index is 0.378. The average molecular weight is 308 g/mol. The Morgan fingerprint density at radius 2 is 2.13 bits per heavy atom. The molecular weight excluding hydrogens is 288 g/mol. The second-order valence-corrected chi connectivity index (χ2v) is 5.64. The molecule has 6 nitrogen and oxygen atoms in total. The standard InChI is InChI=1S/C17H20N6/c1-12(2)13-4-3-5-14(10-13)22-17(18)20-11-15-6-8-19-16-7-9-21-23(15)16/h3-10,12H,11H2,1-2H3,(H3,18,20,22). The van der Waals surface area contributed by atoms with Crippen LogP contribution in [-0.2, 0) is 6.54 Å². The van der Waals surface area contributed by atoms with Gasteiger partial charge in [-0.2, -0.15) is 5.10 Å². The molecule has 0 spiro atoms. The Hall–Kier alpha value is -2.89. The topological polar surface area (TPSA) is 80.6 Å². The summed E-state index contributed by atoms with van der Waals surface area (Å²) in [4.78, 5) is 8.62. The van der Waals surface area contributed by atoms with E-state index in [0.717, 1.165) is 17.0 Å². The molecule has 3 aromatic rings. The molecule has 0 aliphatic carbocycles. The molecule has 1 aromatic carbocycles. The summed E-state index contributed by atoms with van der Waals surface area (Å²) >= 11 is 0. The van der Waals surface area contributed by atoms with Crippen LogP contribution in [-0.4, -0.2) is 20.6 Å². The number of fused-ring (bicyclic) bond motifs is 1. The van der Waals surface area contributed by atoms with Crippen molar-refractivity contribution in [2.75, 3.05) is 5.32 Å². The van der Waals surface area contributed by atoms with Crippen LogP contribution in [0.3, 0.4) is 0 Å². The molecule has 23 heavy (non-hydrogen) atoms. The third-order valence-corrected chi connectivity index (χ3v) is 3.61. The van der Waals surface area contributed by atoms with Gasteiger partial charge in [0.15, 0.2) is 11.6 Å². The van der Waals surface area contributed by atoms with Gasteiger partial charge in [0, 0.05) is 18.0 Å². The molecule has 2 heterocycles. The first kappa shape index (κ1) is 15.0. The van der Waals surface area contributed by atoms with Gasteiger partial charge in [-0.15, -0.1) is 0 Å². The Morgan fingerprint density at radius 3 is 2.96 bits per heavy atom. The molecular formula is C17H20N6. The number of hydrogen-bond acceptors (Lipinski definition) is 3. The number of hydrogen-bond donors (Lipinski definition) is 2. The van der Waals surface area contributed by atoms with Gasteiger partial charge in [0.25, 0.3) is 0 Å². The highest BCUT2D eigenvalue weighted by Gasteiger charge is 2.03. The van der Waals surface area contributed by atoms with Crippen molar-refractivity contribution >= 4 is 17.3 Å². The highest BCUT2D eigenvalue weighted by atomic mass is 15.3. The van der Waals surface area contributed by atoms with Gasteiger partial charge in [0.2, 0.25) is 0 Å². The molecule has 0 fully saturated rings. The second kappa shape index (κ2) is 6.48. The lowest BCUT2D eigenvalue weighted by molar-refractivity contribution is 0.835. The van der Waals surface area contributed by atoms with E-state index in [2.05, 4.69) is 46.4 Å². The summed E-state index contributed by atoms with van der Waals surface area (Å²) in [5, 5.41) is 7.37. The van der Waals surface area contributed by atoms with E-state index in [4.69, 9.17) is 5.73 Å². The Balaban J connectivity index is 1.73. The molecule has 3 rings (SSSR count). The predicted molar refractivity (Wildman–Crippen MR) is 92.5 cm³/mol. The number of guanidine groups is 1. The quantitative estimate of drug-likeness (QED) is 0.573. The van der Waals surface area contributed by atoms with Crippen molar-refractivity contribution in [3.05, 3.63) is 60.0 Å². The molecule has 0 unspecified atom stereocenters. The molecule has 0 saturated carbocycles. The number of nitrogens with zero attached hydrogens (tertiary/aromatic N) is 4. The Bertz CT molecular complexity index is 834. The van der Waals surface area contributed by atoms with E-state index in [-0.39, 0.29) is 0 Å². The van der Waals surface area contributed by atoms with E-state index < -0.39 is 0 Å². The third-order valence-electron chi connectivity index (χ3n) is 3.61. The first-order valence-electron chi connectivity index (χ1n) is 7.58. The van der Waals surface area contributed by atoms with Gasteiger partial charge in [-0.05, 0) is 29.7 Å². The zero-order valence-corrected chi connectivity index (χ0v) is 13.3. The van der Waals surface area contributed by atoms with E-state index in [1.165, 1.54) is 5.56 Å². The van der Waals surface area contributed by atoms with Crippen LogP contribution in [0.15, 0.2) is 53.8 Å². The van der Waals surface area contributed by atoms with Crippen LogP contribution in [0.2, 0.25) is 0 Å². The van der Waals surface area contributed by atoms with E-state index in [1.54, 1.807) is 16.9 Å². The molecule has 0 radical (unpaired) electrons. The number of nitrogens with one attached hydrogen (secondary N) is 1. The molecule has 0 amide bonds. The number of aromatic nitrogens is 3. The molecule has 0 aliphatic rings. The summed E-state index contributed by atoms with van der Waals surface area (Å²) in [5.41, 5.74) is 9.92. The molecule has 0 saturated heterocycles. The summed E-state index contributed by atoms with van der Waals surface area (Å²) in [6.45, 7) is 4.76. The van der Waals surface area contributed by atoms with Crippen LogP contribution in [0, 0.1) is 0 Å². The summed E-state index contributed by atoms with van der Waals surface area (Å²) in [6.07, 6.45) is 3.46. The number of nitrogens with two attached hydrogens (primary N) is 1. The average Bonchev–Trinajstić information content (AvgIpc) is 3.02. The number of rotatable bonds is 4. The molecule has 3 N–H and O–H groups in total. The zero-order chi connectivity index (χ0) is 16.2. The van der Waals surface area contributed by atoms with Crippen molar-refractivity contribution in [2.24, 2.45) is 10.7 Å². The van der Waals surface area contributed by atoms with Crippen molar-refractivity contribution in [1.82, 2.24) is 14.6 Å². The van der Waals surface area contributed by atoms with E-state index in [0.29, 0.717) is 18.4 Å². The van der Waals surface area contributed by atoms with Crippen molar-refractivity contribution < 1.29 is 0 Å². The maximum Gasteiger partial charge on any atom is 0.193 e. The van der Waals surface area contributed by atoms with Crippen molar-refractivity contribution in [2.45, 2.75) is 26.3 Å². The van der Waals surface area contributed by atoms with Gasteiger partial charge in [0.1, 0.15) is 0 Å². The van der Waals surface area contributed by atoms with E-state index in [1.807, 2.05) is 24.3 Å². The van der Waals surface area contributed by atoms with Gasteiger partial charge in [-0.3, -0.25) is 0 Å². The molecule has 6 heteroatoms. The minimum Gasteiger partial charge on any atom is -0.370 e. The fourth-order valence-electron chi connectivity index (χ4n) is 2.33. The van der Waals surface area contributed by atoms with E-state index >= 15 is 0 Å². The highest BCUT2D eigenvalue weighted by Crippen LogP contribution is 2.18. The lowest BCUT2D eigenvalue weighted by Gasteiger charge is -2.10. The fraction of sp³-hybridized carbons (Fsp3) is 0.235. The van der Waals surface area contributed by atoms with Gasteiger partial charge in [-0.1, -0.05) is 26.0 Å². The largest absolute Gasteiger partial charge is 0.370 e. The number of anilines is 1. The van der Waals surface area contributed by atoms with Gasteiger partial charge in [0.05, 0.1) is 18.4 Å². The summed E-state index contributed by atoms with van der Waals surface area (Å²) in [6, 6.07) is 11.9. The normalized spacial score (nSPS) is 12.0. The van der Waals surface area contributed by atoms with Crippen molar-refractivity contribution in [1.29, 1.82) is 0 Å². The van der Waals surface area contributed by atoms with Gasteiger partial charge in [-0.25, -0.2) is 14.5 Å². The van der Waals surface area contributed by atoms with Gasteiger partial charge >= 0.3 is 0 Å². The summed E-state index contributed by atoms with van der Waals surface area (Å²) in [5.74, 6) is 0.850. The van der Waals surface area contributed by atoms with Crippen LogP contribution in [0.1, 0.15) is 31.0 Å². The number of benzene rings is 1. The number of aliphatic imine (C=N–C) groups is 1. The predicted octanol–water partition coefficient (Wildman–Crippen LogP) is 2.78. The van der Waals surface area contributed by atoms with Crippen molar-refractivity contribution in [3.8, 4) is 0 Å². The fourth-order valence-corrected chi connectivity index (χ4v) is 2.33. The lowest BCUT2D eigenvalue weighted by Crippen LogP contribution is -2.22. The van der Waals surface area contributed by atoms with Crippen LogP contribution in [0.25, 0.3) is 5.65 Å². The maximum atomic E-state index is 5.99. The summed E-state index contributed by atoms with van der Waals surface area (Å²) in [7, 11) is 0. The summed E-state index contributed by atoms with van der Waals surface area (Å²) < 4.78 is 1.76. The SMILES string of the molecule is CC(C)c1cccc(NC(N)=NCc2ccnc3ccnn23)c1. The zero-order valence-electron chi connectivity index (χ0n) is 13.3. The first-order valence-corrected chi connectivity index (χ1v) is 7.58. The monoisotopic (exact) mass is 308 g/mol. The second-order valence-electron chi connectivity index (χ2n) is 5.64. The maximum absolute atomic E-state index is 5.99. The van der Waals surface area contributed by atoms with Crippen LogP contribution in [0.4, 0.5) is 5.69 Å². The highest BCUT2D eigenvalue weighted by molar-refractivity contribution is 5.92. The van der Waals surface area contributed by atoms with Crippen LogP contribution in [0.5, 0.6) is 0 Å². The van der Waals surface area contributed by atoms with Gasteiger partial charge < -0.3 is 11.1 Å². The Kier molecular flexibility index (Phi) is 4.23. The molecule has 0 bridgehead atoms. The van der Waals surface area contributed by atoms with Crippen molar-refractivity contribution in [3.63, 3.8) is 0 Å². The Morgan fingerprint density at radius 1 is 1.26 bits per heavy atom. The minimum absolute atomic E-state index is 0.378. The Labute approximate surface area is 135 Å². The first-order chi connectivity index (χ1) is 11.1. The smallest absolute Gasteiger partial charge is 0.193 e. The van der Waals surface area contributed by atoms with Crippen LogP contribution >= 0.6 is 0 Å².